The third-order valence-electron chi connectivity index (χ3n) is 6.15. The van der Waals surface area contributed by atoms with Crippen molar-refractivity contribution >= 4 is 22.8 Å². The smallest absolute Gasteiger partial charge is 0.177 e. The average molecular weight is 377 g/mol. The van der Waals surface area contributed by atoms with Crippen LogP contribution in [0, 0.1) is 0 Å². The molecule has 1 saturated carbocycles. The molecule has 2 aromatic heterocycles. The van der Waals surface area contributed by atoms with E-state index in [1.165, 1.54) is 36.1 Å². The Morgan fingerprint density at radius 3 is 2.79 bits per heavy atom. The van der Waals surface area contributed by atoms with Gasteiger partial charge in [-0.1, -0.05) is 12.1 Å². The van der Waals surface area contributed by atoms with Crippen molar-refractivity contribution in [1.29, 1.82) is 0 Å². The molecule has 146 valence electrons. The molecule has 0 bridgehead atoms. The van der Waals surface area contributed by atoms with E-state index in [0.29, 0.717) is 12.1 Å². The molecule has 1 fully saturated rings. The maximum Gasteiger partial charge on any atom is 0.177 e. The minimum Gasteiger partial charge on any atom is -0.366 e. The van der Waals surface area contributed by atoms with Crippen LogP contribution < -0.4 is 16.4 Å². The van der Waals surface area contributed by atoms with Gasteiger partial charge in [0.15, 0.2) is 5.65 Å². The summed E-state index contributed by atoms with van der Waals surface area (Å²) in [6.07, 6.45) is 12.9. The summed E-state index contributed by atoms with van der Waals surface area (Å²) in [5.41, 5.74) is 12.0. The summed E-state index contributed by atoms with van der Waals surface area (Å²) in [5.74, 6) is 0.887. The molecule has 0 amide bonds. The first-order valence-electron chi connectivity index (χ1n) is 10.5. The number of aromatic nitrogens is 3. The van der Waals surface area contributed by atoms with Crippen molar-refractivity contribution in [2.75, 3.05) is 10.6 Å². The predicted octanol–water partition coefficient (Wildman–Crippen LogP) is 4.03. The van der Waals surface area contributed by atoms with E-state index in [1.807, 2.05) is 10.7 Å². The van der Waals surface area contributed by atoms with Crippen molar-refractivity contribution in [3.8, 4) is 0 Å². The van der Waals surface area contributed by atoms with Gasteiger partial charge < -0.3 is 16.4 Å². The summed E-state index contributed by atoms with van der Waals surface area (Å²) < 4.78 is 1.86. The van der Waals surface area contributed by atoms with Crippen LogP contribution in [0.15, 0.2) is 36.7 Å². The molecule has 1 aromatic carbocycles. The van der Waals surface area contributed by atoms with Gasteiger partial charge in [0.2, 0.25) is 0 Å². The molecular formula is C22H28N6. The summed E-state index contributed by atoms with van der Waals surface area (Å²) in [4.78, 5) is 4.52. The summed E-state index contributed by atoms with van der Waals surface area (Å²) in [5, 5.41) is 12.0. The third kappa shape index (κ3) is 3.44. The van der Waals surface area contributed by atoms with Gasteiger partial charge in [-0.15, -0.1) is 5.10 Å². The van der Waals surface area contributed by atoms with E-state index in [9.17, 15) is 0 Å². The number of benzene rings is 1. The zero-order chi connectivity index (χ0) is 18.9. The highest BCUT2D eigenvalue weighted by atomic mass is 15.3. The summed E-state index contributed by atoms with van der Waals surface area (Å²) in [7, 11) is 0. The van der Waals surface area contributed by atoms with E-state index in [4.69, 9.17) is 10.8 Å². The Kier molecular flexibility index (Phi) is 4.64. The fourth-order valence-corrected chi connectivity index (χ4v) is 4.60. The maximum atomic E-state index is 6.05. The molecular weight excluding hydrogens is 348 g/mol. The van der Waals surface area contributed by atoms with Crippen LogP contribution >= 0.6 is 0 Å². The molecule has 6 heteroatoms. The average Bonchev–Trinajstić information content (AvgIpc) is 3.19. The quantitative estimate of drug-likeness (QED) is 0.640. The summed E-state index contributed by atoms with van der Waals surface area (Å²) in [6, 6.07) is 9.48. The maximum absolute atomic E-state index is 6.05. The fraction of sp³-hybridized carbons (Fsp3) is 0.455. The number of hydrogen-bond acceptors (Lipinski definition) is 5. The van der Waals surface area contributed by atoms with Crippen LogP contribution in [0.25, 0.3) is 5.65 Å². The van der Waals surface area contributed by atoms with Crippen molar-refractivity contribution in [2.45, 2.75) is 63.5 Å². The first-order valence-corrected chi connectivity index (χ1v) is 10.5. The Bertz CT molecular complexity index is 970. The summed E-state index contributed by atoms with van der Waals surface area (Å²) >= 11 is 0. The Morgan fingerprint density at radius 1 is 1.04 bits per heavy atom. The number of rotatable bonds is 4. The first kappa shape index (κ1) is 17.5. The second-order valence-corrected chi connectivity index (χ2v) is 8.17. The largest absolute Gasteiger partial charge is 0.366 e. The SMILES string of the molecule is NC1CCC(Nc2cc(Nc3cccc4c3CCCC4)c3nccn3n2)CC1. The number of nitrogens with one attached hydrogen (secondary N) is 2. The Hall–Kier alpha value is -2.60. The molecule has 2 heterocycles. The summed E-state index contributed by atoms with van der Waals surface area (Å²) in [6.45, 7) is 0. The molecule has 2 aliphatic rings. The van der Waals surface area contributed by atoms with E-state index in [0.717, 1.165) is 49.3 Å². The minimum atomic E-state index is 0.351. The normalized spacial score (nSPS) is 22.0. The second kappa shape index (κ2) is 7.43. The predicted molar refractivity (Wildman–Crippen MR) is 113 cm³/mol. The molecule has 0 unspecified atom stereocenters. The molecule has 0 atom stereocenters. The molecule has 0 radical (unpaired) electrons. The van der Waals surface area contributed by atoms with Gasteiger partial charge in [-0.25, -0.2) is 9.50 Å². The van der Waals surface area contributed by atoms with E-state index >= 15 is 0 Å². The lowest BCUT2D eigenvalue weighted by molar-refractivity contribution is 0.410. The highest BCUT2D eigenvalue weighted by molar-refractivity contribution is 5.77. The van der Waals surface area contributed by atoms with Gasteiger partial charge in [0.1, 0.15) is 5.82 Å². The van der Waals surface area contributed by atoms with Gasteiger partial charge in [0.05, 0.1) is 5.69 Å². The highest BCUT2D eigenvalue weighted by Crippen LogP contribution is 2.32. The van der Waals surface area contributed by atoms with Crippen LogP contribution in [0.2, 0.25) is 0 Å². The second-order valence-electron chi connectivity index (χ2n) is 8.17. The Balaban J connectivity index is 1.45. The number of nitrogens with zero attached hydrogens (tertiary/aromatic N) is 3. The van der Waals surface area contributed by atoms with Crippen LogP contribution in [0.3, 0.4) is 0 Å². The number of aryl methyl sites for hydroxylation is 1. The van der Waals surface area contributed by atoms with E-state index in [1.54, 1.807) is 6.20 Å². The lowest BCUT2D eigenvalue weighted by Gasteiger charge is -2.27. The van der Waals surface area contributed by atoms with Gasteiger partial charge in [0.25, 0.3) is 0 Å². The third-order valence-corrected chi connectivity index (χ3v) is 6.15. The monoisotopic (exact) mass is 376 g/mol. The van der Waals surface area contributed by atoms with Crippen molar-refractivity contribution in [3.63, 3.8) is 0 Å². The van der Waals surface area contributed by atoms with E-state index in [2.05, 4.69) is 39.9 Å². The van der Waals surface area contributed by atoms with Gasteiger partial charge >= 0.3 is 0 Å². The Morgan fingerprint density at radius 2 is 1.89 bits per heavy atom. The molecule has 2 aliphatic carbocycles. The first-order chi connectivity index (χ1) is 13.8. The highest BCUT2D eigenvalue weighted by Gasteiger charge is 2.20. The minimum absolute atomic E-state index is 0.351. The number of hydrogen-bond donors (Lipinski definition) is 3. The zero-order valence-electron chi connectivity index (χ0n) is 16.2. The Labute approximate surface area is 165 Å². The van der Waals surface area contributed by atoms with Gasteiger partial charge in [0, 0.05) is 36.2 Å². The van der Waals surface area contributed by atoms with Gasteiger partial charge in [-0.05, 0) is 68.6 Å². The molecule has 0 spiro atoms. The number of nitrogens with two attached hydrogens (primary N) is 1. The molecule has 3 aromatic rings. The van der Waals surface area contributed by atoms with Crippen molar-refractivity contribution in [2.24, 2.45) is 5.73 Å². The number of fused-ring (bicyclic) bond motifs is 2. The van der Waals surface area contributed by atoms with Crippen LogP contribution in [0.4, 0.5) is 17.2 Å². The zero-order valence-corrected chi connectivity index (χ0v) is 16.2. The number of anilines is 3. The lowest BCUT2D eigenvalue weighted by atomic mass is 9.90. The van der Waals surface area contributed by atoms with Crippen molar-refractivity contribution in [3.05, 3.63) is 47.8 Å². The molecule has 0 aliphatic heterocycles. The molecule has 6 nitrogen and oxygen atoms in total. The lowest BCUT2D eigenvalue weighted by Crippen LogP contribution is -2.33. The van der Waals surface area contributed by atoms with Crippen LogP contribution in [0.1, 0.15) is 49.7 Å². The van der Waals surface area contributed by atoms with E-state index in [-0.39, 0.29) is 0 Å². The standard InChI is InChI=1S/C22H28N6/c23-16-8-10-17(11-9-16)25-21-14-20(22-24-12-13-28(22)27-21)26-19-7-3-5-15-4-1-2-6-18(15)19/h3,5,7,12-14,16-17,26H,1-2,4,6,8-11,23H2,(H,25,27). The van der Waals surface area contributed by atoms with Gasteiger partial charge in [-0.3, -0.25) is 0 Å². The van der Waals surface area contributed by atoms with Crippen LogP contribution in [0.5, 0.6) is 0 Å². The van der Waals surface area contributed by atoms with E-state index < -0.39 is 0 Å². The topological polar surface area (TPSA) is 80.3 Å². The van der Waals surface area contributed by atoms with Gasteiger partial charge in [-0.2, -0.15) is 0 Å². The van der Waals surface area contributed by atoms with Crippen LogP contribution in [-0.2, 0) is 12.8 Å². The van der Waals surface area contributed by atoms with Crippen molar-refractivity contribution in [1.82, 2.24) is 14.6 Å². The number of imidazole rings is 1. The molecule has 5 rings (SSSR count). The van der Waals surface area contributed by atoms with Crippen LogP contribution in [-0.4, -0.2) is 26.7 Å². The molecule has 28 heavy (non-hydrogen) atoms. The molecule has 0 saturated heterocycles. The van der Waals surface area contributed by atoms with Crippen molar-refractivity contribution < 1.29 is 0 Å². The fourth-order valence-electron chi connectivity index (χ4n) is 4.60. The molecule has 4 N–H and O–H groups in total.